The third kappa shape index (κ3) is 3.19. The van der Waals surface area contributed by atoms with E-state index < -0.39 is 6.04 Å². The number of hydrogen-bond donors (Lipinski definition) is 2. The molecule has 166 valence electrons. The normalized spacial score (nSPS) is 18.2. The lowest BCUT2D eigenvalue weighted by molar-refractivity contribution is -0.165. The summed E-state index contributed by atoms with van der Waals surface area (Å²) in [6.45, 7) is 3.30. The molecule has 1 atom stereocenters. The second-order valence-corrected chi connectivity index (χ2v) is 8.84. The number of esters is 1. The molecule has 4 aromatic rings. The predicted octanol–water partition coefficient (Wildman–Crippen LogP) is 2.61. The van der Waals surface area contributed by atoms with Crippen molar-refractivity contribution < 1.29 is 14.3 Å². The summed E-state index contributed by atoms with van der Waals surface area (Å²) in [5.74, 6) is 0.00156. The van der Waals surface area contributed by atoms with Gasteiger partial charge in [0, 0.05) is 34.4 Å². The monoisotopic (exact) mass is 462 g/mol. The van der Waals surface area contributed by atoms with Crippen LogP contribution in [0.25, 0.3) is 32.9 Å². The van der Waals surface area contributed by atoms with E-state index in [-0.39, 0.29) is 24.4 Å². The second kappa shape index (κ2) is 7.41. The van der Waals surface area contributed by atoms with Crippen LogP contribution in [0.15, 0.2) is 36.8 Å². The van der Waals surface area contributed by atoms with Gasteiger partial charge in [0.15, 0.2) is 6.04 Å². The molecule has 6 rings (SSSR count). The Hall–Kier alpha value is -3.72. The predicted molar refractivity (Wildman–Crippen MR) is 123 cm³/mol. The number of carbonyl (C=O) groups excluding carboxylic acids is 2. The van der Waals surface area contributed by atoms with Gasteiger partial charge >= 0.3 is 5.97 Å². The summed E-state index contributed by atoms with van der Waals surface area (Å²) in [7, 11) is 0. The van der Waals surface area contributed by atoms with Gasteiger partial charge in [-0.3, -0.25) is 9.89 Å². The van der Waals surface area contributed by atoms with E-state index in [4.69, 9.17) is 16.3 Å². The molecule has 2 saturated heterocycles. The van der Waals surface area contributed by atoms with Crippen molar-refractivity contribution in [2.24, 2.45) is 5.92 Å². The van der Waals surface area contributed by atoms with Crippen LogP contribution in [0.4, 0.5) is 5.82 Å². The Morgan fingerprint density at radius 3 is 2.85 bits per heavy atom. The summed E-state index contributed by atoms with van der Waals surface area (Å²) in [5.41, 5.74) is 4.70. The summed E-state index contributed by atoms with van der Waals surface area (Å²) in [6, 6.07) is 7.38. The minimum absolute atomic E-state index is 0.143. The first-order valence-electron chi connectivity index (χ1n) is 10.6. The number of H-pyrrole nitrogens is 1. The summed E-state index contributed by atoms with van der Waals surface area (Å²) in [4.78, 5) is 34.6. The molecule has 4 heterocycles. The van der Waals surface area contributed by atoms with Crippen LogP contribution >= 0.6 is 11.6 Å². The average Bonchev–Trinajstić information content (AvgIpc) is 3.24. The number of anilines is 1. The zero-order chi connectivity index (χ0) is 22.7. The Balaban J connectivity index is 1.31. The number of nitrogens with zero attached hydrogens (tertiary/aromatic N) is 4. The molecular formula is C23H19ClN6O3. The standard InChI is InChI=1S/C23H19ClN6O3/c1-11-2-3-17-15(6-27-29-17)20(11)13-5-18-14(4-16(13)24)21(26-10-25-18)30-7-12(8-30)22(31)28-19-9-33-23(19)32/h2-6,10,12,19H,7-9H2,1H3,(H,27,29)(H,28,31)/t19-/m1/s1. The number of aromatic amines is 1. The molecule has 2 aromatic carbocycles. The molecule has 33 heavy (non-hydrogen) atoms. The summed E-state index contributed by atoms with van der Waals surface area (Å²) in [5, 5.41) is 12.3. The molecular weight excluding hydrogens is 444 g/mol. The quantitative estimate of drug-likeness (QED) is 0.448. The fourth-order valence-electron chi connectivity index (χ4n) is 4.43. The number of aryl methyl sites for hydroxylation is 1. The Morgan fingerprint density at radius 1 is 1.24 bits per heavy atom. The number of halogens is 1. The van der Waals surface area contributed by atoms with Crippen molar-refractivity contribution in [1.29, 1.82) is 0 Å². The van der Waals surface area contributed by atoms with Crippen molar-refractivity contribution in [2.45, 2.75) is 13.0 Å². The van der Waals surface area contributed by atoms with Crippen LogP contribution in [-0.4, -0.2) is 57.8 Å². The van der Waals surface area contributed by atoms with Crippen molar-refractivity contribution in [3.63, 3.8) is 0 Å². The zero-order valence-corrected chi connectivity index (χ0v) is 18.4. The van der Waals surface area contributed by atoms with E-state index in [1.165, 1.54) is 6.33 Å². The first-order chi connectivity index (χ1) is 16.0. The van der Waals surface area contributed by atoms with Crippen LogP contribution in [0.3, 0.4) is 0 Å². The summed E-state index contributed by atoms with van der Waals surface area (Å²) >= 11 is 6.77. The van der Waals surface area contributed by atoms with E-state index in [1.54, 1.807) is 6.20 Å². The highest BCUT2D eigenvalue weighted by Crippen LogP contribution is 2.39. The first-order valence-corrected chi connectivity index (χ1v) is 11.0. The average molecular weight is 463 g/mol. The highest BCUT2D eigenvalue weighted by Gasteiger charge is 2.39. The van der Waals surface area contributed by atoms with Gasteiger partial charge < -0.3 is 15.0 Å². The molecule has 2 fully saturated rings. The maximum absolute atomic E-state index is 12.4. The number of benzene rings is 2. The number of amides is 1. The third-order valence-electron chi connectivity index (χ3n) is 6.35. The fraction of sp³-hybridized carbons (Fsp3) is 0.261. The van der Waals surface area contributed by atoms with Gasteiger partial charge in [0.1, 0.15) is 18.8 Å². The van der Waals surface area contributed by atoms with Gasteiger partial charge in [-0.05, 0) is 36.2 Å². The third-order valence-corrected chi connectivity index (χ3v) is 6.66. The molecule has 9 nitrogen and oxygen atoms in total. The fourth-order valence-corrected chi connectivity index (χ4v) is 4.69. The lowest BCUT2D eigenvalue weighted by atomic mass is 9.95. The minimum atomic E-state index is -0.521. The molecule has 10 heteroatoms. The summed E-state index contributed by atoms with van der Waals surface area (Å²) in [6.07, 6.45) is 3.33. The molecule has 0 bridgehead atoms. The number of fused-ring (bicyclic) bond motifs is 2. The molecule has 1 amide bonds. The van der Waals surface area contributed by atoms with E-state index in [1.807, 2.05) is 36.1 Å². The number of carbonyl (C=O) groups is 2. The van der Waals surface area contributed by atoms with Gasteiger partial charge in [-0.25, -0.2) is 14.8 Å². The number of aromatic nitrogens is 4. The summed E-state index contributed by atoms with van der Waals surface area (Å²) < 4.78 is 4.69. The van der Waals surface area contributed by atoms with Crippen LogP contribution in [0.1, 0.15) is 5.56 Å². The molecule has 0 saturated carbocycles. The molecule has 2 aliphatic heterocycles. The first kappa shape index (κ1) is 19.9. The Labute approximate surface area is 193 Å². The van der Waals surface area contributed by atoms with Crippen molar-refractivity contribution in [3.8, 4) is 11.1 Å². The van der Waals surface area contributed by atoms with Gasteiger partial charge in [-0.1, -0.05) is 17.7 Å². The van der Waals surface area contributed by atoms with Gasteiger partial charge in [-0.2, -0.15) is 5.10 Å². The number of nitrogens with one attached hydrogen (secondary N) is 2. The Morgan fingerprint density at radius 2 is 2.09 bits per heavy atom. The van der Waals surface area contributed by atoms with E-state index >= 15 is 0 Å². The van der Waals surface area contributed by atoms with Gasteiger partial charge in [0.05, 0.1) is 23.1 Å². The number of hydrogen-bond acceptors (Lipinski definition) is 7. The highest BCUT2D eigenvalue weighted by atomic mass is 35.5. The van der Waals surface area contributed by atoms with Crippen LogP contribution < -0.4 is 10.2 Å². The molecule has 0 radical (unpaired) electrons. The maximum atomic E-state index is 12.4. The molecule has 2 N–H and O–H groups in total. The number of cyclic esters (lactones) is 1. The van der Waals surface area contributed by atoms with Crippen molar-refractivity contribution in [3.05, 3.63) is 47.4 Å². The van der Waals surface area contributed by atoms with E-state index in [0.29, 0.717) is 18.1 Å². The number of rotatable bonds is 4. The van der Waals surface area contributed by atoms with Crippen LogP contribution in [0.5, 0.6) is 0 Å². The van der Waals surface area contributed by atoms with Gasteiger partial charge in [-0.15, -0.1) is 0 Å². The van der Waals surface area contributed by atoms with Crippen molar-refractivity contribution >= 4 is 51.1 Å². The zero-order valence-electron chi connectivity index (χ0n) is 17.6. The number of ether oxygens (including phenoxy) is 1. The second-order valence-electron chi connectivity index (χ2n) is 8.43. The Kier molecular flexibility index (Phi) is 4.48. The lowest BCUT2D eigenvalue weighted by Crippen LogP contribution is -2.60. The maximum Gasteiger partial charge on any atom is 0.332 e. The van der Waals surface area contributed by atoms with Crippen molar-refractivity contribution in [1.82, 2.24) is 25.5 Å². The SMILES string of the molecule is Cc1ccc2[nH]ncc2c1-c1cc2ncnc(N3CC(C(=O)N[C@@H]4COC4=O)C3)c2cc1Cl. The molecule has 0 aliphatic carbocycles. The van der Waals surface area contributed by atoms with E-state index in [2.05, 4.69) is 25.5 Å². The van der Waals surface area contributed by atoms with Crippen molar-refractivity contribution in [2.75, 3.05) is 24.6 Å². The molecule has 0 spiro atoms. The molecule has 2 aromatic heterocycles. The van der Waals surface area contributed by atoms with E-state index in [9.17, 15) is 9.59 Å². The molecule has 0 unspecified atom stereocenters. The minimum Gasteiger partial charge on any atom is -0.461 e. The van der Waals surface area contributed by atoms with Gasteiger partial charge in [0.2, 0.25) is 5.91 Å². The lowest BCUT2D eigenvalue weighted by Gasteiger charge is -2.40. The topological polar surface area (TPSA) is 113 Å². The highest BCUT2D eigenvalue weighted by molar-refractivity contribution is 6.35. The van der Waals surface area contributed by atoms with Crippen LogP contribution in [0.2, 0.25) is 5.02 Å². The molecule has 2 aliphatic rings. The van der Waals surface area contributed by atoms with Gasteiger partial charge in [0.25, 0.3) is 0 Å². The smallest absolute Gasteiger partial charge is 0.332 e. The van der Waals surface area contributed by atoms with E-state index in [0.717, 1.165) is 44.3 Å². The van der Waals surface area contributed by atoms with Crippen LogP contribution in [-0.2, 0) is 14.3 Å². The Bertz CT molecular complexity index is 1450. The van der Waals surface area contributed by atoms with Crippen LogP contribution in [0, 0.1) is 12.8 Å². The largest absolute Gasteiger partial charge is 0.461 e.